The molecular weight excluding hydrogens is 454 g/mol. The SMILES string of the molecule is Br.COc1ccc(-c2csc(=Nc3ccc(OC(F)F)cc3)n2CCO)cc1. The molecule has 0 radical (unpaired) electrons. The summed E-state index contributed by atoms with van der Waals surface area (Å²) in [5.74, 6) is 0.844. The fourth-order valence-corrected chi connectivity index (χ4v) is 3.50. The zero-order valence-electron chi connectivity index (χ0n) is 14.9. The number of nitrogens with zero attached hydrogens (tertiary/aromatic N) is 2. The van der Waals surface area contributed by atoms with E-state index in [9.17, 15) is 13.9 Å². The Balaban J connectivity index is 0.00000280. The van der Waals surface area contributed by atoms with Gasteiger partial charge in [0.2, 0.25) is 0 Å². The summed E-state index contributed by atoms with van der Waals surface area (Å²) in [7, 11) is 1.61. The quantitative estimate of drug-likeness (QED) is 0.545. The molecular formula is C19H19BrF2N2O3S. The Labute approximate surface area is 175 Å². The number of hydrogen-bond acceptors (Lipinski definition) is 5. The molecule has 9 heteroatoms. The van der Waals surface area contributed by atoms with Crippen molar-refractivity contribution in [2.24, 2.45) is 4.99 Å². The highest BCUT2D eigenvalue weighted by molar-refractivity contribution is 8.93. The molecule has 0 saturated heterocycles. The summed E-state index contributed by atoms with van der Waals surface area (Å²) in [5.41, 5.74) is 2.50. The zero-order valence-corrected chi connectivity index (χ0v) is 17.4. The second-order valence-corrected chi connectivity index (χ2v) is 6.33. The van der Waals surface area contributed by atoms with Crippen molar-refractivity contribution in [3.8, 4) is 22.8 Å². The molecule has 2 aromatic carbocycles. The Morgan fingerprint density at radius 2 is 1.71 bits per heavy atom. The summed E-state index contributed by atoms with van der Waals surface area (Å²) < 4.78 is 35.9. The molecule has 150 valence electrons. The van der Waals surface area contributed by atoms with E-state index in [0.29, 0.717) is 17.0 Å². The van der Waals surface area contributed by atoms with Crippen LogP contribution in [-0.2, 0) is 6.54 Å². The third-order valence-electron chi connectivity index (χ3n) is 3.79. The molecule has 0 atom stereocenters. The fraction of sp³-hybridized carbons (Fsp3) is 0.211. The van der Waals surface area contributed by atoms with E-state index in [1.807, 2.05) is 34.2 Å². The molecule has 0 saturated carbocycles. The molecule has 1 heterocycles. The Morgan fingerprint density at radius 1 is 1.07 bits per heavy atom. The molecule has 3 aromatic rings. The second kappa shape index (κ2) is 10.4. The first-order chi connectivity index (χ1) is 13.1. The molecule has 0 aliphatic carbocycles. The fourth-order valence-electron chi connectivity index (χ4n) is 2.54. The maximum Gasteiger partial charge on any atom is 0.387 e. The van der Waals surface area contributed by atoms with Crippen molar-refractivity contribution in [3.05, 3.63) is 58.7 Å². The van der Waals surface area contributed by atoms with Gasteiger partial charge in [0.15, 0.2) is 4.80 Å². The van der Waals surface area contributed by atoms with Crippen LogP contribution in [0, 0.1) is 0 Å². The van der Waals surface area contributed by atoms with Crippen LogP contribution in [-0.4, -0.2) is 30.0 Å². The summed E-state index contributed by atoms with van der Waals surface area (Å²) in [6.07, 6.45) is 0. The highest BCUT2D eigenvalue weighted by atomic mass is 79.9. The second-order valence-electron chi connectivity index (χ2n) is 5.49. The number of halogens is 3. The summed E-state index contributed by atoms with van der Waals surface area (Å²) in [6, 6.07) is 13.7. The number of methoxy groups -OCH3 is 1. The molecule has 5 nitrogen and oxygen atoms in total. The van der Waals surface area contributed by atoms with Crippen LogP contribution in [0.3, 0.4) is 0 Å². The van der Waals surface area contributed by atoms with Crippen molar-refractivity contribution in [3.63, 3.8) is 0 Å². The topological polar surface area (TPSA) is 56.0 Å². The van der Waals surface area contributed by atoms with Crippen molar-refractivity contribution >= 4 is 34.0 Å². The van der Waals surface area contributed by atoms with Gasteiger partial charge >= 0.3 is 6.61 Å². The van der Waals surface area contributed by atoms with E-state index in [4.69, 9.17) is 4.74 Å². The number of aliphatic hydroxyl groups is 1. The van der Waals surface area contributed by atoms with Crippen molar-refractivity contribution in [1.82, 2.24) is 4.57 Å². The van der Waals surface area contributed by atoms with Gasteiger partial charge in [0.1, 0.15) is 11.5 Å². The lowest BCUT2D eigenvalue weighted by Crippen LogP contribution is -2.17. The highest BCUT2D eigenvalue weighted by Gasteiger charge is 2.09. The summed E-state index contributed by atoms with van der Waals surface area (Å²) in [6.45, 7) is -2.51. The monoisotopic (exact) mass is 472 g/mol. The first kappa shape index (κ1) is 22.1. The molecule has 0 bridgehead atoms. The largest absolute Gasteiger partial charge is 0.497 e. The minimum Gasteiger partial charge on any atom is -0.497 e. The van der Waals surface area contributed by atoms with Gasteiger partial charge in [-0.1, -0.05) is 0 Å². The Hall–Kier alpha value is -2.23. The highest BCUT2D eigenvalue weighted by Crippen LogP contribution is 2.24. The van der Waals surface area contributed by atoms with Gasteiger partial charge in [0.25, 0.3) is 0 Å². The third kappa shape index (κ3) is 5.40. The van der Waals surface area contributed by atoms with E-state index in [2.05, 4.69) is 9.73 Å². The number of hydrogen-bond donors (Lipinski definition) is 1. The van der Waals surface area contributed by atoms with Crippen LogP contribution in [0.2, 0.25) is 0 Å². The first-order valence-electron chi connectivity index (χ1n) is 8.14. The molecule has 1 N–H and O–H groups in total. The number of alkyl halides is 2. The van der Waals surface area contributed by atoms with Crippen LogP contribution in [0.25, 0.3) is 11.3 Å². The predicted octanol–water partition coefficient (Wildman–Crippen LogP) is 4.63. The average Bonchev–Trinajstić information content (AvgIpc) is 3.06. The van der Waals surface area contributed by atoms with Gasteiger partial charge in [-0.15, -0.1) is 28.3 Å². The van der Waals surface area contributed by atoms with Gasteiger partial charge in [-0.25, -0.2) is 4.99 Å². The molecule has 0 unspecified atom stereocenters. The Bertz CT molecular complexity index is 941. The lowest BCUT2D eigenvalue weighted by atomic mass is 10.1. The van der Waals surface area contributed by atoms with Crippen LogP contribution in [0.4, 0.5) is 14.5 Å². The van der Waals surface area contributed by atoms with Gasteiger partial charge in [-0.3, -0.25) is 0 Å². The number of aromatic nitrogens is 1. The van der Waals surface area contributed by atoms with Crippen molar-refractivity contribution in [2.75, 3.05) is 13.7 Å². The minimum absolute atomic E-state index is 0. The molecule has 1 aromatic heterocycles. The standard InChI is InChI=1S/C19H18F2N2O3S.BrH/c1-25-15-6-2-13(3-7-15)17-12-27-19(23(17)10-11-24)22-14-4-8-16(9-5-14)26-18(20)21;/h2-9,12,18,24H,10-11H2,1H3;1H. The van der Waals surface area contributed by atoms with E-state index in [-0.39, 0.29) is 29.3 Å². The maximum atomic E-state index is 12.2. The molecule has 28 heavy (non-hydrogen) atoms. The van der Waals surface area contributed by atoms with Crippen LogP contribution in [0.15, 0.2) is 58.9 Å². The van der Waals surface area contributed by atoms with Crippen molar-refractivity contribution < 1.29 is 23.4 Å². The van der Waals surface area contributed by atoms with Crippen molar-refractivity contribution in [1.29, 1.82) is 0 Å². The van der Waals surface area contributed by atoms with E-state index in [1.54, 1.807) is 19.2 Å². The lowest BCUT2D eigenvalue weighted by molar-refractivity contribution is -0.0498. The number of ether oxygens (including phenoxy) is 2. The van der Waals surface area contributed by atoms with E-state index in [1.165, 1.54) is 23.5 Å². The van der Waals surface area contributed by atoms with Crippen LogP contribution >= 0.6 is 28.3 Å². The Kier molecular flexibility index (Phi) is 8.16. The van der Waals surface area contributed by atoms with Crippen LogP contribution < -0.4 is 14.3 Å². The number of thiazole rings is 1. The maximum absolute atomic E-state index is 12.2. The number of rotatable bonds is 7. The molecule has 0 aliphatic heterocycles. The van der Waals surface area contributed by atoms with Crippen LogP contribution in [0.1, 0.15) is 0 Å². The molecule has 0 fully saturated rings. The van der Waals surface area contributed by atoms with Crippen LogP contribution in [0.5, 0.6) is 11.5 Å². The van der Waals surface area contributed by atoms with Gasteiger partial charge in [0, 0.05) is 11.9 Å². The summed E-state index contributed by atoms with van der Waals surface area (Å²) in [4.78, 5) is 5.25. The predicted molar refractivity (Wildman–Crippen MR) is 110 cm³/mol. The van der Waals surface area contributed by atoms with Gasteiger partial charge in [-0.2, -0.15) is 8.78 Å². The van der Waals surface area contributed by atoms with E-state index in [0.717, 1.165) is 17.0 Å². The van der Waals surface area contributed by atoms with Gasteiger partial charge in [0.05, 0.1) is 25.1 Å². The molecule has 3 rings (SSSR count). The van der Waals surface area contributed by atoms with E-state index >= 15 is 0 Å². The van der Waals surface area contributed by atoms with Gasteiger partial charge in [-0.05, 0) is 54.1 Å². The van der Waals surface area contributed by atoms with Crippen molar-refractivity contribution in [2.45, 2.75) is 13.2 Å². The minimum atomic E-state index is -2.86. The number of aliphatic hydroxyl groups excluding tert-OH is 1. The zero-order chi connectivity index (χ0) is 19.2. The summed E-state index contributed by atoms with van der Waals surface area (Å²) in [5, 5.41) is 11.4. The van der Waals surface area contributed by atoms with E-state index < -0.39 is 6.61 Å². The molecule has 0 spiro atoms. The average molecular weight is 473 g/mol. The lowest BCUT2D eigenvalue weighted by Gasteiger charge is -2.08. The smallest absolute Gasteiger partial charge is 0.387 e. The normalized spacial score (nSPS) is 11.4. The molecule has 0 amide bonds. The first-order valence-corrected chi connectivity index (χ1v) is 9.02. The third-order valence-corrected chi connectivity index (χ3v) is 4.66. The van der Waals surface area contributed by atoms with Gasteiger partial charge < -0.3 is 19.1 Å². The Morgan fingerprint density at radius 3 is 2.29 bits per heavy atom. The number of benzene rings is 2. The summed E-state index contributed by atoms with van der Waals surface area (Å²) >= 11 is 1.43. The molecule has 0 aliphatic rings.